The zero-order valence-corrected chi connectivity index (χ0v) is 8.94. The highest BCUT2D eigenvalue weighted by Crippen LogP contribution is 2.28. The molecule has 0 N–H and O–H groups in total. The first-order chi connectivity index (χ1) is 7.29. The molecule has 0 fully saturated rings. The molecule has 0 amide bonds. The highest BCUT2D eigenvalue weighted by molar-refractivity contribution is 5.77. The topological polar surface area (TPSA) is 16.1 Å². The summed E-state index contributed by atoms with van der Waals surface area (Å²) in [5.41, 5.74) is 3.37. The zero-order valence-electron chi connectivity index (χ0n) is 8.94. The van der Waals surface area contributed by atoms with E-state index in [2.05, 4.69) is 28.2 Å². The number of para-hydroxylation sites is 1. The Hall–Kier alpha value is -1.83. The standard InChI is InChI=1S/C13H13N2/c1-15(2)13-8-4-3-7-12(13)11-6-5-9-14-10-11/h3-9H,1-2H3. The minimum atomic E-state index is 1.03. The third-order valence-electron chi connectivity index (χ3n) is 2.28. The molecule has 15 heavy (non-hydrogen) atoms. The molecule has 0 atom stereocenters. The van der Waals surface area contributed by atoms with E-state index in [4.69, 9.17) is 0 Å². The highest BCUT2D eigenvalue weighted by atomic mass is 15.1. The summed E-state index contributed by atoms with van der Waals surface area (Å²) in [4.78, 5) is 6.11. The van der Waals surface area contributed by atoms with Crippen LogP contribution in [0.4, 0.5) is 5.69 Å². The minimum absolute atomic E-state index is 1.03. The number of nitrogens with zero attached hydrogens (tertiary/aromatic N) is 2. The molecule has 1 aromatic heterocycles. The predicted octanol–water partition coefficient (Wildman–Crippen LogP) is 2.61. The molecule has 0 bridgehead atoms. The number of rotatable bonds is 2. The Morgan fingerprint density at radius 3 is 2.53 bits per heavy atom. The molecule has 0 spiro atoms. The van der Waals surface area contributed by atoms with Crippen LogP contribution in [0, 0.1) is 6.20 Å². The van der Waals surface area contributed by atoms with E-state index < -0.39 is 0 Å². The van der Waals surface area contributed by atoms with E-state index >= 15 is 0 Å². The Bertz CT molecular complexity index is 435. The van der Waals surface area contributed by atoms with Gasteiger partial charge in [-0.1, -0.05) is 24.3 Å². The molecule has 0 unspecified atom stereocenters. The van der Waals surface area contributed by atoms with Crippen molar-refractivity contribution in [2.75, 3.05) is 19.0 Å². The van der Waals surface area contributed by atoms with Crippen molar-refractivity contribution in [1.82, 2.24) is 4.98 Å². The SMILES string of the molecule is CN(C)c1ccccc1-c1[c]nccc1. The molecular weight excluding hydrogens is 184 g/mol. The predicted molar refractivity (Wildman–Crippen MR) is 62.8 cm³/mol. The Kier molecular flexibility index (Phi) is 2.68. The number of hydrogen-bond donors (Lipinski definition) is 0. The van der Waals surface area contributed by atoms with Gasteiger partial charge in [0.1, 0.15) is 0 Å². The summed E-state index contributed by atoms with van der Waals surface area (Å²) in [6, 6.07) is 12.2. The van der Waals surface area contributed by atoms with E-state index in [0.717, 1.165) is 11.1 Å². The zero-order chi connectivity index (χ0) is 10.7. The van der Waals surface area contributed by atoms with Gasteiger partial charge in [0.15, 0.2) is 0 Å². The van der Waals surface area contributed by atoms with Crippen LogP contribution in [-0.4, -0.2) is 19.1 Å². The molecule has 1 aromatic carbocycles. The molecule has 0 saturated heterocycles. The molecule has 0 saturated carbocycles. The second kappa shape index (κ2) is 4.13. The maximum Gasteiger partial charge on any atom is 0.0971 e. The summed E-state index contributed by atoms with van der Waals surface area (Å²) in [6.45, 7) is 0. The van der Waals surface area contributed by atoms with Gasteiger partial charge in [0.25, 0.3) is 0 Å². The van der Waals surface area contributed by atoms with Crippen LogP contribution in [-0.2, 0) is 0 Å². The molecule has 2 aromatic rings. The van der Waals surface area contributed by atoms with Gasteiger partial charge >= 0.3 is 0 Å². The number of anilines is 1. The summed E-state index contributed by atoms with van der Waals surface area (Å²) in [7, 11) is 4.07. The number of pyridine rings is 1. The van der Waals surface area contributed by atoms with Crippen LogP contribution >= 0.6 is 0 Å². The molecular formula is C13H13N2. The molecule has 1 heterocycles. The van der Waals surface area contributed by atoms with Crippen LogP contribution in [0.5, 0.6) is 0 Å². The van der Waals surface area contributed by atoms with Crippen LogP contribution in [0.2, 0.25) is 0 Å². The Morgan fingerprint density at radius 1 is 1.07 bits per heavy atom. The fourth-order valence-electron chi connectivity index (χ4n) is 1.57. The van der Waals surface area contributed by atoms with Gasteiger partial charge in [-0.05, 0) is 12.1 Å². The molecule has 2 heteroatoms. The van der Waals surface area contributed by atoms with Crippen LogP contribution in [0.15, 0.2) is 42.6 Å². The lowest BCUT2D eigenvalue weighted by Gasteiger charge is -2.16. The second-order valence-corrected chi connectivity index (χ2v) is 3.57. The van der Waals surface area contributed by atoms with Crippen molar-refractivity contribution in [3.63, 3.8) is 0 Å². The molecule has 0 aliphatic carbocycles. The van der Waals surface area contributed by atoms with Gasteiger partial charge in [-0.15, -0.1) is 0 Å². The largest absolute Gasteiger partial charge is 0.377 e. The van der Waals surface area contributed by atoms with Crippen molar-refractivity contribution in [1.29, 1.82) is 0 Å². The van der Waals surface area contributed by atoms with Gasteiger partial charge in [0.05, 0.1) is 6.20 Å². The summed E-state index contributed by atoms with van der Waals surface area (Å²) in [5.74, 6) is 0. The quantitative estimate of drug-likeness (QED) is 0.735. The maximum absolute atomic E-state index is 4.02. The number of benzene rings is 1. The first kappa shape index (κ1) is 9.71. The van der Waals surface area contributed by atoms with Gasteiger partial charge in [-0.3, -0.25) is 4.98 Å². The van der Waals surface area contributed by atoms with Crippen molar-refractivity contribution >= 4 is 5.69 Å². The Balaban J connectivity index is 2.53. The maximum atomic E-state index is 4.02. The molecule has 2 nitrogen and oxygen atoms in total. The van der Waals surface area contributed by atoms with Crippen LogP contribution in [0.3, 0.4) is 0 Å². The van der Waals surface area contributed by atoms with Crippen molar-refractivity contribution in [3.05, 3.63) is 48.8 Å². The van der Waals surface area contributed by atoms with Crippen LogP contribution < -0.4 is 4.90 Å². The first-order valence-electron chi connectivity index (χ1n) is 4.88. The van der Waals surface area contributed by atoms with Gasteiger partial charge in [0.2, 0.25) is 0 Å². The van der Waals surface area contributed by atoms with Gasteiger partial charge in [-0.2, -0.15) is 0 Å². The average molecular weight is 197 g/mol. The van der Waals surface area contributed by atoms with Crippen LogP contribution in [0.25, 0.3) is 11.1 Å². The van der Waals surface area contributed by atoms with E-state index in [0.29, 0.717) is 0 Å². The van der Waals surface area contributed by atoms with Crippen molar-refractivity contribution < 1.29 is 0 Å². The Labute approximate surface area is 90.2 Å². The smallest absolute Gasteiger partial charge is 0.0971 e. The lowest BCUT2D eigenvalue weighted by atomic mass is 10.1. The lowest BCUT2D eigenvalue weighted by Crippen LogP contribution is -2.09. The molecule has 2 rings (SSSR count). The van der Waals surface area contributed by atoms with E-state index in [1.54, 1.807) is 6.20 Å². The highest BCUT2D eigenvalue weighted by Gasteiger charge is 2.05. The van der Waals surface area contributed by atoms with Gasteiger partial charge in [-0.25, -0.2) is 0 Å². The van der Waals surface area contributed by atoms with Crippen molar-refractivity contribution in [2.24, 2.45) is 0 Å². The van der Waals surface area contributed by atoms with Gasteiger partial charge < -0.3 is 4.90 Å². The van der Waals surface area contributed by atoms with Gasteiger partial charge in [0, 0.05) is 37.1 Å². The average Bonchev–Trinajstić information content (AvgIpc) is 2.30. The van der Waals surface area contributed by atoms with Crippen molar-refractivity contribution in [3.8, 4) is 11.1 Å². The summed E-state index contributed by atoms with van der Waals surface area (Å²) >= 11 is 0. The number of hydrogen-bond acceptors (Lipinski definition) is 2. The third kappa shape index (κ3) is 1.99. The van der Waals surface area contributed by atoms with E-state index in [1.165, 1.54) is 5.69 Å². The second-order valence-electron chi connectivity index (χ2n) is 3.57. The first-order valence-corrected chi connectivity index (χ1v) is 4.88. The lowest BCUT2D eigenvalue weighted by molar-refractivity contribution is 1.13. The van der Waals surface area contributed by atoms with E-state index in [9.17, 15) is 0 Å². The normalized spacial score (nSPS) is 10.0. The molecule has 0 aliphatic heterocycles. The minimum Gasteiger partial charge on any atom is -0.377 e. The van der Waals surface area contributed by atoms with E-state index in [1.807, 2.05) is 38.4 Å². The summed E-state index contributed by atoms with van der Waals surface area (Å²) in [5, 5.41) is 0. The van der Waals surface area contributed by atoms with E-state index in [-0.39, 0.29) is 0 Å². The summed E-state index contributed by atoms with van der Waals surface area (Å²) in [6.07, 6.45) is 4.74. The Morgan fingerprint density at radius 2 is 1.87 bits per heavy atom. The summed E-state index contributed by atoms with van der Waals surface area (Å²) < 4.78 is 0. The third-order valence-corrected chi connectivity index (χ3v) is 2.28. The fraction of sp³-hybridized carbons (Fsp3) is 0.154. The molecule has 75 valence electrons. The molecule has 0 aliphatic rings. The fourth-order valence-corrected chi connectivity index (χ4v) is 1.57. The number of aromatic nitrogens is 1. The van der Waals surface area contributed by atoms with Crippen LogP contribution in [0.1, 0.15) is 0 Å². The molecule has 1 radical (unpaired) electrons. The monoisotopic (exact) mass is 197 g/mol. The van der Waals surface area contributed by atoms with Crippen molar-refractivity contribution in [2.45, 2.75) is 0 Å².